The molecule has 1 fully saturated rings. The molecule has 0 nitrogen and oxygen atoms in total. The second-order valence-electron chi connectivity index (χ2n) is 7.53. The molecule has 0 heterocycles. The summed E-state index contributed by atoms with van der Waals surface area (Å²) >= 11 is 0. The monoisotopic (exact) mass is 372 g/mol. The third kappa shape index (κ3) is 3.33. The van der Waals surface area contributed by atoms with E-state index in [1.807, 2.05) is 12.1 Å². The fourth-order valence-electron chi connectivity index (χ4n) is 4.35. The van der Waals surface area contributed by atoms with Crippen molar-refractivity contribution in [1.29, 1.82) is 0 Å². The van der Waals surface area contributed by atoms with Gasteiger partial charge in [0.15, 0.2) is 11.6 Å². The van der Waals surface area contributed by atoms with Crippen molar-refractivity contribution >= 4 is 10.8 Å². The molecule has 0 aliphatic heterocycles. The third-order valence-corrected chi connectivity index (χ3v) is 5.76. The van der Waals surface area contributed by atoms with Crippen molar-refractivity contribution in [3.8, 4) is 0 Å². The molecule has 0 bridgehead atoms. The predicted octanol–water partition coefficient (Wildman–Crippen LogP) is 7.15. The van der Waals surface area contributed by atoms with Gasteiger partial charge in [0.1, 0.15) is 11.6 Å². The van der Waals surface area contributed by atoms with Gasteiger partial charge in [0.25, 0.3) is 0 Å². The Hall–Kier alpha value is -2.36. The van der Waals surface area contributed by atoms with Crippen LogP contribution in [0, 0.1) is 30.2 Å². The van der Waals surface area contributed by atoms with E-state index in [0.29, 0.717) is 23.8 Å². The van der Waals surface area contributed by atoms with Gasteiger partial charge in [-0.2, -0.15) is 0 Å². The van der Waals surface area contributed by atoms with Crippen LogP contribution in [-0.4, -0.2) is 0 Å². The Morgan fingerprint density at radius 3 is 2.00 bits per heavy atom. The van der Waals surface area contributed by atoms with E-state index < -0.39 is 23.3 Å². The average molecular weight is 372 g/mol. The summed E-state index contributed by atoms with van der Waals surface area (Å²) in [7, 11) is 0. The zero-order chi connectivity index (χ0) is 19.1. The second kappa shape index (κ2) is 6.99. The standard InChI is InChI=1S/C23H20F4/c1-13-10-20(25)22(21(26)11-13)15-4-2-14(3-5-15)16-6-8-18-17(12-16)7-9-19(24)23(18)27/h6-12,14-15H,2-5H2,1H3. The summed E-state index contributed by atoms with van der Waals surface area (Å²) in [6, 6.07) is 10.9. The minimum Gasteiger partial charge on any atom is -0.207 e. The van der Waals surface area contributed by atoms with Crippen LogP contribution in [0.25, 0.3) is 10.8 Å². The van der Waals surface area contributed by atoms with Crippen LogP contribution in [0.4, 0.5) is 17.6 Å². The van der Waals surface area contributed by atoms with E-state index in [0.717, 1.165) is 24.5 Å². The predicted molar refractivity (Wildman–Crippen MR) is 98.9 cm³/mol. The summed E-state index contributed by atoms with van der Waals surface area (Å²) in [6.07, 6.45) is 3.04. The quantitative estimate of drug-likeness (QED) is 0.419. The van der Waals surface area contributed by atoms with Crippen LogP contribution in [0.5, 0.6) is 0 Å². The van der Waals surface area contributed by atoms with Gasteiger partial charge in [-0.15, -0.1) is 0 Å². The van der Waals surface area contributed by atoms with Gasteiger partial charge in [-0.05, 0) is 79.2 Å². The van der Waals surface area contributed by atoms with E-state index in [9.17, 15) is 17.6 Å². The summed E-state index contributed by atoms with van der Waals surface area (Å²) in [5, 5.41) is 0.945. The molecule has 0 saturated heterocycles. The first kappa shape index (κ1) is 18.0. The lowest BCUT2D eigenvalue weighted by atomic mass is 9.75. The summed E-state index contributed by atoms with van der Waals surface area (Å²) in [6.45, 7) is 1.68. The molecule has 0 N–H and O–H groups in total. The number of benzene rings is 3. The Bertz CT molecular complexity index is 978. The first-order valence-corrected chi connectivity index (χ1v) is 9.27. The van der Waals surface area contributed by atoms with Gasteiger partial charge in [-0.3, -0.25) is 0 Å². The fraction of sp³-hybridized carbons (Fsp3) is 0.304. The molecule has 3 aromatic rings. The van der Waals surface area contributed by atoms with E-state index in [1.165, 1.54) is 12.1 Å². The smallest absolute Gasteiger partial charge is 0.166 e. The molecule has 0 atom stereocenters. The van der Waals surface area contributed by atoms with Crippen molar-refractivity contribution in [3.05, 3.63) is 82.4 Å². The first-order chi connectivity index (χ1) is 12.9. The van der Waals surface area contributed by atoms with E-state index in [-0.39, 0.29) is 22.8 Å². The van der Waals surface area contributed by atoms with Gasteiger partial charge >= 0.3 is 0 Å². The van der Waals surface area contributed by atoms with Crippen LogP contribution < -0.4 is 0 Å². The maximum Gasteiger partial charge on any atom is 0.166 e. The van der Waals surface area contributed by atoms with Gasteiger partial charge < -0.3 is 0 Å². The average Bonchev–Trinajstić information content (AvgIpc) is 2.64. The van der Waals surface area contributed by atoms with Crippen molar-refractivity contribution in [2.45, 2.75) is 44.4 Å². The van der Waals surface area contributed by atoms with Crippen LogP contribution in [0.1, 0.15) is 54.2 Å². The Morgan fingerprint density at radius 1 is 0.704 bits per heavy atom. The highest BCUT2D eigenvalue weighted by molar-refractivity contribution is 5.84. The number of aryl methyl sites for hydroxylation is 1. The molecule has 0 amide bonds. The van der Waals surface area contributed by atoms with Crippen LogP contribution in [0.3, 0.4) is 0 Å². The zero-order valence-electron chi connectivity index (χ0n) is 15.0. The van der Waals surface area contributed by atoms with E-state index in [2.05, 4.69) is 0 Å². The highest BCUT2D eigenvalue weighted by Gasteiger charge is 2.27. The Kier molecular flexibility index (Phi) is 4.67. The van der Waals surface area contributed by atoms with Gasteiger partial charge in [-0.25, -0.2) is 17.6 Å². The second-order valence-corrected chi connectivity index (χ2v) is 7.53. The normalized spacial score (nSPS) is 20.2. The third-order valence-electron chi connectivity index (χ3n) is 5.76. The molecule has 27 heavy (non-hydrogen) atoms. The Labute approximate surface area is 155 Å². The molecule has 0 unspecified atom stereocenters. The van der Waals surface area contributed by atoms with Crippen LogP contribution in [0.15, 0.2) is 42.5 Å². The van der Waals surface area contributed by atoms with Crippen molar-refractivity contribution in [2.24, 2.45) is 0 Å². The number of hydrogen-bond donors (Lipinski definition) is 0. The molecular formula is C23H20F4. The van der Waals surface area contributed by atoms with Crippen molar-refractivity contribution < 1.29 is 17.6 Å². The largest absolute Gasteiger partial charge is 0.207 e. The van der Waals surface area contributed by atoms with E-state index >= 15 is 0 Å². The van der Waals surface area contributed by atoms with Crippen molar-refractivity contribution in [2.75, 3.05) is 0 Å². The Balaban J connectivity index is 1.54. The van der Waals surface area contributed by atoms with Crippen LogP contribution >= 0.6 is 0 Å². The minimum atomic E-state index is -0.849. The molecule has 1 aliphatic carbocycles. The summed E-state index contributed by atoms with van der Waals surface area (Å²) in [5.74, 6) is -2.45. The minimum absolute atomic E-state index is 0.117. The van der Waals surface area contributed by atoms with E-state index in [1.54, 1.807) is 19.1 Å². The molecule has 3 aromatic carbocycles. The van der Waals surface area contributed by atoms with Gasteiger partial charge in [0, 0.05) is 10.9 Å². The highest BCUT2D eigenvalue weighted by Crippen LogP contribution is 2.42. The van der Waals surface area contributed by atoms with Crippen LogP contribution in [0.2, 0.25) is 0 Å². The molecule has 140 valence electrons. The summed E-state index contributed by atoms with van der Waals surface area (Å²) in [4.78, 5) is 0. The zero-order valence-corrected chi connectivity index (χ0v) is 15.0. The molecule has 0 radical (unpaired) electrons. The maximum absolute atomic E-state index is 14.3. The lowest BCUT2D eigenvalue weighted by Crippen LogP contribution is -2.14. The van der Waals surface area contributed by atoms with Crippen molar-refractivity contribution in [3.63, 3.8) is 0 Å². The molecule has 1 saturated carbocycles. The van der Waals surface area contributed by atoms with Gasteiger partial charge in [0.05, 0.1) is 0 Å². The Morgan fingerprint density at radius 2 is 1.33 bits per heavy atom. The molecule has 1 aliphatic rings. The molecule has 0 spiro atoms. The summed E-state index contributed by atoms with van der Waals surface area (Å²) in [5.41, 5.74) is 1.86. The number of rotatable bonds is 2. The maximum atomic E-state index is 14.3. The number of halogens is 4. The van der Waals surface area contributed by atoms with E-state index in [4.69, 9.17) is 0 Å². The topological polar surface area (TPSA) is 0 Å². The first-order valence-electron chi connectivity index (χ1n) is 9.27. The molecule has 0 aromatic heterocycles. The lowest BCUT2D eigenvalue weighted by molar-refractivity contribution is 0.376. The van der Waals surface area contributed by atoms with Gasteiger partial charge in [0.2, 0.25) is 0 Å². The molecule has 4 heteroatoms. The SMILES string of the molecule is Cc1cc(F)c(C2CCC(c3ccc4c(F)c(F)ccc4c3)CC2)c(F)c1. The number of hydrogen-bond acceptors (Lipinski definition) is 0. The lowest BCUT2D eigenvalue weighted by Gasteiger charge is -2.29. The molecule has 4 rings (SSSR count). The van der Waals surface area contributed by atoms with Crippen LogP contribution in [-0.2, 0) is 0 Å². The van der Waals surface area contributed by atoms with Gasteiger partial charge in [-0.1, -0.05) is 24.3 Å². The highest BCUT2D eigenvalue weighted by atomic mass is 19.2. The summed E-state index contributed by atoms with van der Waals surface area (Å²) < 4.78 is 55.7. The number of fused-ring (bicyclic) bond motifs is 1. The van der Waals surface area contributed by atoms with Crippen molar-refractivity contribution in [1.82, 2.24) is 0 Å². The fourth-order valence-corrected chi connectivity index (χ4v) is 4.35. The molecular weight excluding hydrogens is 352 g/mol.